The molecule has 1 atom stereocenters. The summed E-state index contributed by atoms with van der Waals surface area (Å²) < 4.78 is 0. The second kappa shape index (κ2) is 6.57. The Balaban J connectivity index is 2.77. The van der Waals surface area contributed by atoms with E-state index in [2.05, 4.69) is 37.9 Å². The van der Waals surface area contributed by atoms with Crippen LogP contribution in [-0.4, -0.2) is 47.0 Å². The molecule has 1 aliphatic heterocycles. The molecule has 0 aromatic rings. The van der Waals surface area contributed by atoms with Crippen LogP contribution in [0.1, 0.15) is 48.0 Å². The third kappa shape index (κ3) is 3.95. The molecule has 5 nitrogen and oxygen atoms in total. The van der Waals surface area contributed by atoms with Crippen molar-refractivity contribution in [3.05, 3.63) is 0 Å². The number of rotatable bonds is 7. The summed E-state index contributed by atoms with van der Waals surface area (Å²) in [7, 11) is 0. The van der Waals surface area contributed by atoms with E-state index in [-0.39, 0.29) is 11.9 Å². The minimum Gasteiger partial charge on any atom is -0.323 e. The fourth-order valence-corrected chi connectivity index (χ4v) is 2.54. The Kier molecular flexibility index (Phi) is 5.57. The number of hydrogen-bond donors (Lipinski definition) is 1. The average Bonchev–Trinajstić information content (AvgIpc) is 2.52. The molecule has 0 bridgehead atoms. The largest absolute Gasteiger partial charge is 0.326 e. The van der Waals surface area contributed by atoms with Gasteiger partial charge in [-0.3, -0.25) is 9.69 Å². The lowest BCUT2D eigenvalue weighted by molar-refractivity contribution is -0.132. The summed E-state index contributed by atoms with van der Waals surface area (Å²) in [5.41, 5.74) is -0.738. The second-order valence-electron chi connectivity index (χ2n) is 6.81. The predicted octanol–water partition coefficient (Wildman–Crippen LogP) is 2.28. The number of carbonyl (C=O) groups excluding carboxylic acids is 2. The van der Waals surface area contributed by atoms with Crippen LogP contribution in [0.2, 0.25) is 0 Å². The standard InChI is InChI=1S/C15H29N3O2/c1-7-15(6)13(19)18(14(20)16-15)10-17(8-11(2)3)9-12(4)5/h11-12H,7-10H2,1-6H3,(H,16,20). The van der Waals surface area contributed by atoms with Crippen LogP contribution in [-0.2, 0) is 4.79 Å². The van der Waals surface area contributed by atoms with Gasteiger partial charge in [0.05, 0.1) is 6.67 Å². The molecule has 116 valence electrons. The molecule has 0 aromatic carbocycles. The second-order valence-corrected chi connectivity index (χ2v) is 6.81. The van der Waals surface area contributed by atoms with Crippen molar-refractivity contribution in [1.29, 1.82) is 0 Å². The van der Waals surface area contributed by atoms with Gasteiger partial charge in [0.1, 0.15) is 5.54 Å². The lowest BCUT2D eigenvalue weighted by Crippen LogP contribution is -2.46. The molecular formula is C15H29N3O2. The van der Waals surface area contributed by atoms with Gasteiger partial charge in [0.15, 0.2) is 0 Å². The topological polar surface area (TPSA) is 52.7 Å². The van der Waals surface area contributed by atoms with Crippen molar-refractivity contribution in [3.8, 4) is 0 Å². The Labute approximate surface area is 122 Å². The Morgan fingerprint density at radius 3 is 2.00 bits per heavy atom. The van der Waals surface area contributed by atoms with Gasteiger partial charge in [-0.1, -0.05) is 34.6 Å². The van der Waals surface area contributed by atoms with Crippen LogP contribution in [0.3, 0.4) is 0 Å². The van der Waals surface area contributed by atoms with Crippen LogP contribution < -0.4 is 5.32 Å². The SMILES string of the molecule is CCC1(C)NC(=O)N(CN(CC(C)C)CC(C)C)C1=O. The van der Waals surface area contributed by atoms with Crippen LogP contribution in [0.25, 0.3) is 0 Å². The first-order valence-electron chi connectivity index (χ1n) is 7.56. The molecule has 1 heterocycles. The third-order valence-electron chi connectivity index (χ3n) is 3.64. The number of carbonyl (C=O) groups is 2. The van der Waals surface area contributed by atoms with E-state index in [4.69, 9.17) is 0 Å². The van der Waals surface area contributed by atoms with Gasteiger partial charge in [-0.2, -0.15) is 0 Å². The van der Waals surface area contributed by atoms with Gasteiger partial charge in [-0.15, -0.1) is 0 Å². The number of imide groups is 1. The van der Waals surface area contributed by atoms with Gasteiger partial charge in [0.2, 0.25) is 0 Å². The van der Waals surface area contributed by atoms with E-state index in [0.717, 1.165) is 13.1 Å². The molecule has 5 heteroatoms. The van der Waals surface area contributed by atoms with Gasteiger partial charge in [0.25, 0.3) is 5.91 Å². The minimum absolute atomic E-state index is 0.109. The molecular weight excluding hydrogens is 254 g/mol. The van der Waals surface area contributed by atoms with Crippen molar-refractivity contribution in [3.63, 3.8) is 0 Å². The number of hydrogen-bond acceptors (Lipinski definition) is 3. The molecule has 0 aromatic heterocycles. The lowest BCUT2D eigenvalue weighted by atomic mass is 10.00. The molecule has 1 unspecified atom stereocenters. The summed E-state index contributed by atoms with van der Waals surface area (Å²) >= 11 is 0. The highest BCUT2D eigenvalue weighted by Gasteiger charge is 2.46. The van der Waals surface area contributed by atoms with E-state index >= 15 is 0 Å². The number of nitrogens with one attached hydrogen (secondary N) is 1. The maximum Gasteiger partial charge on any atom is 0.326 e. The summed E-state index contributed by atoms with van der Waals surface area (Å²) in [6, 6.07) is -0.267. The first-order valence-corrected chi connectivity index (χ1v) is 7.56. The highest BCUT2D eigenvalue weighted by Crippen LogP contribution is 2.21. The van der Waals surface area contributed by atoms with E-state index in [9.17, 15) is 9.59 Å². The molecule has 1 fully saturated rings. The molecule has 0 aliphatic carbocycles. The summed E-state index contributed by atoms with van der Waals surface area (Å²) in [4.78, 5) is 28.0. The summed E-state index contributed by atoms with van der Waals surface area (Å²) in [5.74, 6) is 0.904. The zero-order valence-corrected chi connectivity index (χ0v) is 13.7. The van der Waals surface area contributed by atoms with Crippen molar-refractivity contribution in [2.45, 2.75) is 53.5 Å². The van der Waals surface area contributed by atoms with Crippen molar-refractivity contribution < 1.29 is 9.59 Å². The van der Waals surface area contributed by atoms with Crippen LogP contribution in [0.4, 0.5) is 4.79 Å². The highest BCUT2D eigenvalue weighted by molar-refractivity contribution is 6.06. The fourth-order valence-electron chi connectivity index (χ4n) is 2.54. The molecule has 1 saturated heterocycles. The lowest BCUT2D eigenvalue weighted by Gasteiger charge is -2.29. The zero-order valence-electron chi connectivity index (χ0n) is 13.7. The predicted molar refractivity (Wildman–Crippen MR) is 80.2 cm³/mol. The molecule has 1 rings (SSSR count). The van der Waals surface area contributed by atoms with Gasteiger partial charge in [-0.05, 0) is 25.2 Å². The summed E-state index contributed by atoms with van der Waals surface area (Å²) in [5, 5.41) is 2.80. The van der Waals surface area contributed by atoms with Crippen LogP contribution >= 0.6 is 0 Å². The van der Waals surface area contributed by atoms with Gasteiger partial charge in [0, 0.05) is 13.1 Å². The maximum atomic E-state index is 12.4. The Bertz CT molecular complexity index is 358. The van der Waals surface area contributed by atoms with E-state index < -0.39 is 5.54 Å². The van der Waals surface area contributed by atoms with E-state index in [1.165, 1.54) is 4.90 Å². The highest BCUT2D eigenvalue weighted by atomic mass is 16.2. The first kappa shape index (κ1) is 17.0. The zero-order chi connectivity index (χ0) is 15.5. The summed E-state index contributed by atoms with van der Waals surface area (Å²) in [6.45, 7) is 14.5. The fraction of sp³-hybridized carbons (Fsp3) is 0.867. The van der Waals surface area contributed by atoms with E-state index in [1.807, 2.05) is 6.92 Å². The van der Waals surface area contributed by atoms with Crippen molar-refractivity contribution in [2.24, 2.45) is 11.8 Å². The quantitative estimate of drug-likeness (QED) is 0.729. The number of urea groups is 1. The van der Waals surface area contributed by atoms with Gasteiger partial charge >= 0.3 is 6.03 Å². The van der Waals surface area contributed by atoms with E-state index in [0.29, 0.717) is 24.9 Å². The van der Waals surface area contributed by atoms with Gasteiger partial charge < -0.3 is 5.32 Å². The van der Waals surface area contributed by atoms with Crippen LogP contribution in [0.5, 0.6) is 0 Å². The minimum atomic E-state index is -0.738. The molecule has 1 aliphatic rings. The monoisotopic (exact) mass is 283 g/mol. The smallest absolute Gasteiger partial charge is 0.323 e. The molecule has 20 heavy (non-hydrogen) atoms. The first-order chi connectivity index (χ1) is 9.19. The Morgan fingerprint density at radius 1 is 1.15 bits per heavy atom. The van der Waals surface area contributed by atoms with Crippen molar-refractivity contribution in [2.75, 3.05) is 19.8 Å². The molecule has 1 N–H and O–H groups in total. The maximum absolute atomic E-state index is 12.4. The average molecular weight is 283 g/mol. The number of nitrogens with zero attached hydrogens (tertiary/aromatic N) is 2. The van der Waals surface area contributed by atoms with E-state index in [1.54, 1.807) is 6.92 Å². The molecule has 0 saturated carbocycles. The molecule has 0 spiro atoms. The molecule has 0 radical (unpaired) electrons. The third-order valence-corrected chi connectivity index (χ3v) is 3.64. The summed E-state index contributed by atoms with van der Waals surface area (Å²) in [6.07, 6.45) is 0.614. The Morgan fingerprint density at radius 2 is 1.65 bits per heavy atom. The number of amides is 3. The molecule has 3 amide bonds. The van der Waals surface area contributed by atoms with Crippen LogP contribution in [0.15, 0.2) is 0 Å². The normalized spacial score (nSPS) is 23.4. The van der Waals surface area contributed by atoms with Crippen molar-refractivity contribution >= 4 is 11.9 Å². The van der Waals surface area contributed by atoms with Crippen LogP contribution in [0, 0.1) is 11.8 Å². The van der Waals surface area contributed by atoms with Gasteiger partial charge in [-0.25, -0.2) is 9.69 Å². The Hall–Kier alpha value is -1.10. The van der Waals surface area contributed by atoms with Crippen molar-refractivity contribution in [1.82, 2.24) is 15.1 Å².